The number of hydrogen-bond donors (Lipinski definition) is 0. The molecule has 120 valence electrons. The first-order chi connectivity index (χ1) is 9.27. The molecule has 0 heterocycles. The zero-order valence-electron chi connectivity index (χ0n) is 15.2. The summed E-state index contributed by atoms with van der Waals surface area (Å²) in [4.78, 5) is 0. The largest absolute Gasteiger partial charge is 0.436 e. The second-order valence-electron chi connectivity index (χ2n) is 8.24. The van der Waals surface area contributed by atoms with Gasteiger partial charge in [-0.1, -0.05) is 51.1 Å². The second-order valence-corrected chi connectivity index (χ2v) is 20.8. The van der Waals surface area contributed by atoms with Gasteiger partial charge in [0.05, 0.1) is 0 Å². The third-order valence-corrected chi connectivity index (χ3v) is 17.6. The summed E-state index contributed by atoms with van der Waals surface area (Å²) in [6.07, 6.45) is 0. The van der Waals surface area contributed by atoms with Gasteiger partial charge in [-0.25, -0.2) is 0 Å². The quantitative estimate of drug-likeness (QED) is 0.714. The van der Waals surface area contributed by atoms with Crippen LogP contribution in [0, 0.1) is 0 Å². The zero-order chi connectivity index (χ0) is 16.5. The van der Waals surface area contributed by atoms with Gasteiger partial charge in [0.15, 0.2) is 8.32 Å². The fourth-order valence-electron chi connectivity index (χ4n) is 2.30. The molecule has 0 fully saturated rings. The Morgan fingerprint density at radius 3 is 1.67 bits per heavy atom. The SMILES string of the molecule is CC(C)(C)[Si](C)(C)O[Si](C)(C)O[Si](C)(C)c1ccccc1. The molecule has 0 saturated heterocycles. The minimum absolute atomic E-state index is 0.221. The Morgan fingerprint density at radius 1 is 0.762 bits per heavy atom. The van der Waals surface area contributed by atoms with Crippen molar-refractivity contribution in [2.75, 3.05) is 0 Å². The Bertz CT molecular complexity index is 462. The molecule has 1 rings (SSSR count). The summed E-state index contributed by atoms with van der Waals surface area (Å²) < 4.78 is 13.3. The zero-order valence-corrected chi connectivity index (χ0v) is 18.2. The van der Waals surface area contributed by atoms with E-state index in [0.717, 1.165) is 0 Å². The van der Waals surface area contributed by atoms with Gasteiger partial charge < -0.3 is 8.23 Å². The average Bonchev–Trinajstić information content (AvgIpc) is 2.25. The first kappa shape index (κ1) is 18.8. The van der Waals surface area contributed by atoms with Crippen LogP contribution in [-0.4, -0.2) is 25.2 Å². The number of hydrogen-bond acceptors (Lipinski definition) is 2. The lowest BCUT2D eigenvalue weighted by atomic mass is 10.2. The first-order valence-corrected chi connectivity index (χ1v) is 16.4. The Kier molecular flexibility index (Phi) is 5.49. The highest BCUT2D eigenvalue weighted by Crippen LogP contribution is 2.38. The van der Waals surface area contributed by atoms with Crippen LogP contribution in [0.1, 0.15) is 20.8 Å². The van der Waals surface area contributed by atoms with Crippen molar-refractivity contribution in [2.24, 2.45) is 0 Å². The minimum Gasteiger partial charge on any atom is -0.436 e. The summed E-state index contributed by atoms with van der Waals surface area (Å²) in [7, 11) is -5.84. The summed E-state index contributed by atoms with van der Waals surface area (Å²) in [5.41, 5.74) is 0. The molecule has 5 heteroatoms. The van der Waals surface area contributed by atoms with Crippen molar-refractivity contribution in [3.05, 3.63) is 30.3 Å². The van der Waals surface area contributed by atoms with Crippen LogP contribution in [0.3, 0.4) is 0 Å². The van der Waals surface area contributed by atoms with Crippen LogP contribution in [-0.2, 0) is 8.23 Å². The third-order valence-electron chi connectivity index (χ3n) is 4.28. The normalized spacial score (nSPS) is 14.3. The molecule has 1 aromatic carbocycles. The molecule has 0 N–H and O–H groups in total. The highest BCUT2D eigenvalue weighted by atomic mass is 28.5. The smallest absolute Gasteiger partial charge is 0.311 e. The lowest BCUT2D eigenvalue weighted by molar-refractivity contribution is 0.377. The van der Waals surface area contributed by atoms with E-state index in [0.29, 0.717) is 0 Å². The maximum Gasteiger partial charge on any atom is 0.311 e. The number of rotatable bonds is 5. The molecule has 0 saturated carbocycles. The lowest BCUT2D eigenvalue weighted by Crippen LogP contribution is -2.58. The Hall–Kier alpha value is -0.209. The fourth-order valence-corrected chi connectivity index (χ4v) is 15.4. The molecule has 0 atom stereocenters. The molecule has 0 aliphatic heterocycles. The van der Waals surface area contributed by atoms with Crippen molar-refractivity contribution in [3.8, 4) is 0 Å². The Morgan fingerprint density at radius 2 is 1.24 bits per heavy atom. The van der Waals surface area contributed by atoms with Gasteiger partial charge in [-0.05, 0) is 49.5 Å². The molecule has 0 amide bonds. The van der Waals surface area contributed by atoms with Gasteiger partial charge in [-0.2, -0.15) is 0 Å². The van der Waals surface area contributed by atoms with Crippen molar-refractivity contribution in [1.82, 2.24) is 0 Å². The predicted molar refractivity (Wildman–Crippen MR) is 100 cm³/mol. The molecule has 0 aliphatic rings. The summed E-state index contributed by atoms with van der Waals surface area (Å²) in [6.45, 7) is 20.4. The van der Waals surface area contributed by atoms with E-state index >= 15 is 0 Å². The second kappa shape index (κ2) is 6.12. The lowest BCUT2D eigenvalue weighted by Gasteiger charge is -2.44. The molecular weight excluding hydrogens is 308 g/mol. The van der Waals surface area contributed by atoms with Crippen LogP contribution in [0.5, 0.6) is 0 Å². The van der Waals surface area contributed by atoms with Gasteiger partial charge in [-0.3, -0.25) is 0 Å². The molecule has 0 aliphatic carbocycles. The summed E-state index contributed by atoms with van der Waals surface area (Å²) in [5.74, 6) is 0. The van der Waals surface area contributed by atoms with Crippen LogP contribution in [0.2, 0.25) is 44.3 Å². The van der Waals surface area contributed by atoms with Crippen molar-refractivity contribution in [2.45, 2.75) is 65.1 Å². The molecule has 2 nitrogen and oxygen atoms in total. The van der Waals surface area contributed by atoms with E-state index in [-0.39, 0.29) is 5.04 Å². The summed E-state index contributed by atoms with van der Waals surface area (Å²) in [5, 5.41) is 1.56. The van der Waals surface area contributed by atoms with Gasteiger partial charge in [-0.15, -0.1) is 0 Å². The standard InChI is InChI=1S/C16H32O2Si3/c1-16(2,3)20(6,7)18-21(8,9)17-19(4,5)15-13-11-10-12-14-15/h10-14H,1-9H3. The van der Waals surface area contributed by atoms with Crippen LogP contribution < -0.4 is 5.19 Å². The highest BCUT2D eigenvalue weighted by Gasteiger charge is 2.45. The van der Waals surface area contributed by atoms with E-state index in [1.807, 2.05) is 0 Å². The van der Waals surface area contributed by atoms with Gasteiger partial charge >= 0.3 is 8.56 Å². The molecule has 1 aromatic rings. The van der Waals surface area contributed by atoms with Crippen molar-refractivity contribution >= 4 is 30.4 Å². The van der Waals surface area contributed by atoms with Gasteiger partial charge in [0.1, 0.15) is 0 Å². The van der Waals surface area contributed by atoms with Gasteiger partial charge in [0.25, 0.3) is 0 Å². The number of benzene rings is 1. The maximum atomic E-state index is 6.64. The summed E-state index contributed by atoms with van der Waals surface area (Å²) in [6, 6.07) is 10.6. The highest BCUT2D eigenvalue weighted by molar-refractivity contribution is 6.93. The van der Waals surface area contributed by atoms with E-state index in [2.05, 4.69) is 90.4 Å². The van der Waals surface area contributed by atoms with E-state index in [4.69, 9.17) is 8.23 Å². The Balaban J connectivity index is 2.90. The van der Waals surface area contributed by atoms with Crippen molar-refractivity contribution < 1.29 is 8.23 Å². The minimum atomic E-state index is -2.14. The van der Waals surface area contributed by atoms with Gasteiger partial charge in [0, 0.05) is 0 Å². The summed E-state index contributed by atoms with van der Waals surface area (Å²) >= 11 is 0. The third kappa shape index (κ3) is 5.18. The van der Waals surface area contributed by atoms with Gasteiger partial charge in [0.2, 0.25) is 8.32 Å². The molecule has 0 spiro atoms. The predicted octanol–water partition coefficient (Wildman–Crippen LogP) is 4.84. The molecule has 0 radical (unpaired) electrons. The molecular formula is C16H32O2Si3. The van der Waals surface area contributed by atoms with Crippen LogP contribution in [0.25, 0.3) is 0 Å². The monoisotopic (exact) mass is 340 g/mol. The van der Waals surface area contributed by atoms with Crippen LogP contribution in [0.15, 0.2) is 30.3 Å². The molecule has 0 aromatic heterocycles. The molecule has 21 heavy (non-hydrogen) atoms. The Labute approximate surface area is 134 Å². The fraction of sp³-hybridized carbons (Fsp3) is 0.625. The van der Waals surface area contributed by atoms with E-state index in [1.54, 1.807) is 0 Å². The van der Waals surface area contributed by atoms with Crippen LogP contribution >= 0.6 is 0 Å². The topological polar surface area (TPSA) is 18.5 Å². The van der Waals surface area contributed by atoms with E-state index in [9.17, 15) is 0 Å². The molecule has 0 bridgehead atoms. The van der Waals surface area contributed by atoms with Crippen molar-refractivity contribution in [3.63, 3.8) is 0 Å². The molecule has 0 unspecified atom stereocenters. The van der Waals surface area contributed by atoms with Crippen molar-refractivity contribution in [1.29, 1.82) is 0 Å². The maximum absolute atomic E-state index is 6.64. The van der Waals surface area contributed by atoms with E-state index in [1.165, 1.54) is 5.19 Å². The van der Waals surface area contributed by atoms with Crippen LogP contribution in [0.4, 0.5) is 0 Å². The first-order valence-electron chi connectivity index (χ1n) is 7.73. The van der Waals surface area contributed by atoms with E-state index < -0.39 is 25.2 Å². The average molecular weight is 341 g/mol.